The molecule has 0 aromatic heterocycles. The first-order chi connectivity index (χ1) is 9.93. The molecule has 0 fully saturated rings. The van der Waals surface area contributed by atoms with Gasteiger partial charge in [-0.25, -0.2) is 0 Å². The van der Waals surface area contributed by atoms with E-state index in [0.29, 0.717) is 0 Å². The third kappa shape index (κ3) is 4.47. The van der Waals surface area contributed by atoms with Crippen LogP contribution in [0.2, 0.25) is 0 Å². The Bertz CT molecular complexity index is 599. The molecule has 21 heavy (non-hydrogen) atoms. The zero-order valence-corrected chi connectivity index (χ0v) is 15.2. The fourth-order valence-electron chi connectivity index (χ4n) is 2.07. The van der Waals surface area contributed by atoms with E-state index in [2.05, 4.69) is 24.3 Å². The summed E-state index contributed by atoms with van der Waals surface area (Å²) in [4.78, 5) is 0. The van der Waals surface area contributed by atoms with Crippen molar-refractivity contribution in [3.8, 4) is 5.75 Å². The molecule has 2 heteroatoms. The molecule has 0 amide bonds. The van der Waals surface area contributed by atoms with E-state index in [1.165, 1.54) is 0 Å². The number of rotatable bonds is 4. The van der Waals surface area contributed by atoms with Crippen molar-refractivity contribution in [2.75, 3.05) is 0 Å². The number of hydrogen-bond donors (Lipinski definition) is 0. The largest absolute Gasteiger partial charge is 1.00 e. The summed E-state index contributed by atoms with van der Waals surface area (Å²) in [7, 11) is 0. The van der Waals surface area contributed by atoms with Crippen LogP contribution in [0.1, 0.15) is 11.1 Å². The second-order valence-corrected chi connectivity index (χ2v) is 4.48. The monoisotopic (exact) mass is 298 g/mol. The van der Waals surface area contributed by atoms with Gasteiger partial charge < -0.3 is 4.74 Å². The molecule has 0 aliphatic rings. The predicted molar refractivity (Wildman–Crippen MR) is 81.4 cm³/mol. The summed E-state index contributed by atoms with van der Waals surface area (Å²) < 4.78 is 6.10. The number of para-hydroxylation sites is 1. The van der Waals surface area contributed by atoms with Gasteiger partial charge in [0.25, 0.3) is 0 Å². The SMILES string of the molecule is [K+].c1ccc(O[C-](c2ccccc2)c2ccccc2)cc1. The molecule has 0 bridgehead atoms. The van der Waals surface area contributed by atoms with Gasteiger partial charge in [0.1, 0.15) is 5.75 Å². The standard InChI is InChI=1S/C19H15O.K/c1-4-10-16(11-5-1)19(17-12-6-2-7-13-17)20-18-14-8-3-9-15-18;/h1-15H;/q-1;+1. The van der Waals surface area contributed by atoms with E-state index in [4.69, 9.17) is 4.74 Å². The molecule has 0 atom stereocenters. The molecular weight excluding hydrogens is 283 g/mol. The third-order valence-electron chi connectivity index (χ3n) is 3.04. The van der Waals surface area contributed by atoms with Crippen molar-refractivity contribution < 1.29 is 56.1 Å². The Morgan fingerprint density at radius 2 is 0.905 bits per heavy atom. The Labute approximate surface area is 168 Å². The van der Waals surface area contributed by atoms with Crippen LogP contribution >= 0.6 is 0 Å². The van der Waals surface area contributed by atoms with Crippen molar-refractivity contribution in [1.29, 1.82) is 0 Å². The van der Waals surface area contributed by atoms with Crippen LogP contribution in [0.3, 0.4) is 0 Å². The average Bonchev–Trinajstić information content (AvgIpc) is 2.55. The van der Waals surface area contributed by atoms with Crippen molar-refractivity contribution >= 4 is 0 Å². The van der Waals surface area contributed by atoms with Crippen molar-refractivity contribution in [2.24, 2.45) is 0 Å². The number of ether oxygens (including phenoxy) is 1. The molecule has 3 aromatic rings. The van der Waals surface area contributed by atoms with Gasteiger partial charge in [-0.1, -0.05) is 65.7 Å². The summed E-state index contributed by atoms with van der Waals surface area (Å²) in [5.41, 5.74) is 2.14. The Hall–Kier alpha value is -1.03. The van der Waals surface area contributed by atoms with Crippen molar-refractivity contribution in [3.63, 3.8) is 0 Å². The van der Waals surface area contributed by atoms with Gasteiger partial charge in [0, 0.05) is 0 Å². The average molecular weight is 298 g/mol. The maximum absolute atomic E-state index is 6.10. The quantitative estimate of drug-likeness (QED) is 0.526. The first kappa shape index (κ1) is 16.3. The first-order valence-corrected chi connectivity index (χ1v) is 6.64. The van der Waals surface area contributed by atoms with Gasteiger partial charge in [0.05, 0.1) is 6.10 Å². The Kier molecular flexibility index (Phi) is 6.55. The topological polar surface area (TPSA) is 9.23 Å². The minimum absolute atomic E-state index is 0. The van der Waals surface area contributed by atoms with Crippen LogP contribution in [0.4, 0.5) is 0 Å². The van der Waals surface area contributed by atoms with E-state index in [1.54, 1.807) is 0 Å². The molecule has 3 rings (SSSR count). The molecule has 0 unspecified atom stereocenters. The molecule has 0 heterocycles. The second kappa shape index (κ2) is 8.42. The van der Waals surface area contributed by atoms with Crippen LogP contribution < -0.4 is 56.1 Å². The smallest absolute Gasteiger partial charge is 0.493 e. The molecule has 0 aliphatic carbocycles. The van der Waals surface area contributed by atoms with Crippen LogP contribution in [0.25, 0.3) is 0 Å². The summed E-state index contributed by atoms with van der Waals surface area (Å²) >= 11 is 0. The van der Waals surface area contributed by atoms with Crippen molar-refractivity contribution in [1.82, 2.24) is 0 Å². The van der Waals surface area contributed by atoms with Crippen LogP contribution in [-0.2, 0) is 0 Å². The second-order valence-electron chi connectivity index (χ2n) is 4.48. The van der Waals surface area contributed by atoms with Gasteiger partial charge in [-0.05, 0) is 12.1 Å². The molecular formula is C19H15KO. The fraction of sp³-hybridized carbons (Fsp3) is 0. The molecule has 0 radical (unpaired) electrons. The predicted octanol–water partition coefficient (Wildman–Crippen LogP) is 1.70. The minimum Gasteiger partial charge on any atom is -0.493 e. The maximum atomic E-state index is 6.10. The van der Waals surface area contributed by atoms with Gasteiger partial charge >= 0.3 is 51.4 Å². The zero-order chi connectivity index (χ0) is 13.6. The van der Waals surface area contributed by atoms with Gasteiger partial charge in [0.2, 0.25) is 0 Å². The Morgan fingerprint density at radius 3 is 1.33 bits per heavy atom. The van der Waals surface area contributed by atoms with Crippen LogP contribution in [0, 0.1) is 6.10 Å². The molecule has 98 valence electrons. The van der Waals surface area contributed by atoms with Gasteiger partial charge in [-0.2, -0.15) is 0 Å². The normalized spacial score (nSPS) is 9.52. The molecule has 0 N–H and O–H groups in total. The minimum atomic E-state index is 0. The summed E-state index contributed by atoms with van der Waals surface area (Å²) in [5, 5.41) is 0. The Morgan fingerprint density at radius 1 is 0.524 bits per heavy atom. The van der Waals surface area contributed by atoms with E-state index in [-0.39, 0.29) is 51.4 Å². The van der Waals surface area contributed by atoms with E-state index in [1.807, 2.05) is 66.7 Å². The van der Waals surface area contributed by atoms with E-state index in [0.717, 1.165) is 23.0 Å². The van der Waals surface area contributed by atoms with E-state index in [9.17, 15) is 0 Å². The maximum Gasteiger partial charge on any atom is 1.00 e. The van der Waals surface area contributed by atoms with E-state index < -0.39 is 0 Å². The van der Waals surface area contributed by atoms with Crippen molar-refractivity contribution in [3.05, 3.63) is 108 Å². The third-order valence-corrected chi connectivity index (χ3v) is 3.04. The fourth-order valence-corrected chi connectivity index (χ4v) is 2.07. The number of hydrogen-bond acceptors (Lipinski definition) is 1. The summed E-state index contributed by atoms with van der Waals surface area (Å²) in [6, 6.07) is 30.2. The molecule has 0 saturated carbocycles. The van der Waals surface area contributed by atoms with Gasteiger partial charge in [-0.3, -0.25) is 0 Å². The summed E-state index contributed by atoms with van der Waals surface area (Å²) in [6.07, 6.45) is 0.873. The molecule has 0 spiro atoms. The van der Waals surface area contributed by atoms with E-state index >= 15 is 0 Å². The molecule has 1 nitrogen and oxygen atoms in total. The molecule has 0 aliphatic heterocycles. The van der Waals surface area contributed by atoms with Crippen molar-refractivity contribution in [2.45, 2.75) is 0 Å². The molecule has 3 aromatic carbocycles. The number of benzene rings is 3. The zero-order valence-electron chi connectivity index (χ0n) is 12.1. The van der Waals surface area contributed by atoms with Gasteiger partial charge in [-0.15, -0.1) is 24.3 Å². The summed E-state index contributed by atoms with van der Waals surface area (Å²) in [5.74, 6) is 0.843. The summed E-state index contributed by atoms with van der Waals surface area (Å²) in [6.45, 7) is 0. The Balaban J connectivity index is 0.00000161. The van der Waals surface area contributed by atoms with Crippen LogP contribution in [-0.4, -0.2) is 0 Å². The molecule has 0 saturated heterocycles. The van der Waals surface area contributed by atoms with Crippen LogP contribution in [0.15, 0.2) is 91.0 Å². The van der Waals surface area contributed by atoms with Crippen LogP contribution in [0.5, 0.6) is 5.75 Å². The first-order valence-electron chi connectivity index (χ1n) is 6.64. The van der Waals surface area contributed by atoms with Gasteiger partial charge in [0.15, 0.2) is 0 Å².